The molecular weight excluding hydrogens is 306 g/mol. The van der Waals surface area contributed by atoms with E-state index in [9.17, 15) is 14.4 Å². The zero-order valence-electron chi connectivity index (χ0n) is 13.1. The lowest BCUT2D eigenvalue weighted by atomic mass is 10.1. The van der Waals surface area contributed by atoms with Crippen molar-refractivity contribution in [2.24, 2.45) is 0 Å². The molecule has 0 unspecified atom stereocenters. The fraction of sp³-hybridized carbons (Fsp3) is 0.211. The summed E-state index contributed by atoms with van der Waals surface area (Å²) in [5.41, 5.74) is 1.83. The number of nitrogens with zero attached hydrogens (tertiary/aromatic N) is 1. The molecular formula is C19H17NO4. The smallest absolute Gasteiger partial charge is 0.338 e. The molecule has 2 amide bonds. The van der Waals surface area contributed by atoms with Crippen LogP contribution in [0, 0.1) is 0 Å². The largest absolute Gasteiger partial charge is 0.462 e. The van der Waals surface area contributed by atoms with Crippen LogP contribution in [0.3, 0.4) is 0 Å². The average molecular weight is 323 g/mol. The van der Waals surface area contributed by atoms with E-state index in [1.165, 1.54) is 6.07 Å². The van der Waals surface area contributed by atoms with Crippen molar-refractivity contribution in [2.75, 3.05) is 11.5 Å². The van der Waals surface area contributed by atoms with E-state index in [4.69, 9.17) is 4.74 Å². The summed E-state index contributed by atoms with van der Waals surface area (Å²) in [6.07, 6.45) is 1.06. The highest BCUT2D eigenvalue weighted by atomic mass is 16.5. The van der Waals surface area contributed by atoms with E-state index in [1.807, 2.05) is 30.3 Å². The Labute approximate surface area is 139 Å². The zero-order valence-corrected chi connectivity index (χ0v) is 13.1. The van der Waals surface area contributed by atoms with Crippen LogP contribution in [0.2, 0.25) is 0 Å². The Balaban J connectivity index is 1.64. The molecule has 0 aromatic heterocycles. The van der Waals surface area contributed by atoms with E-state index < -0.39 is 5.97 Å². The lowest BCUT2D eigenvalue weighted by Crippen LogP contribution is -2.28. The van der Waals surface area contributed by atoms with Crippen LogP contribution in [0.1, 0.15) is 28.8 Å². The number of esters is 1. The Hall–Kier alpha value is -2.95. The Kier molecular flexibility index (Phi) is 4.70. The van der Waals surface area contributed by atoms with E-state index in [-0.39, 0.29) is 31.3 Å². The summed E-state index contributed by atoms with van der Waals surface area (Å²) in [4.78, 5) is 36.8. The van der Waals surface area contributed by atoms with Crippen molar-refractivity contribution in [3.8, 4) is 0 Å². The lowest BCUT2D eigenvalue weighted by molar-refractivity contribution is -0.121. The lowest BCUT2D eigenvalue weighted by Gasteiger charge is -2.14. The first-order valence-electron chi connectivity index (χ1n) is 7.82. The molecule has 5 heteroatoms. The molecule has 5 nitrogen and oxygen atoms in total. The highest BCUT2D eigenvalue weighted by Crippen LogP contribution is 2.23. The minimum absolute atomic E-state index is 0.213. The SMILES string of the molecule is O=C(OCCc1ccccc1)c1cccc(N2C(=O)CCC2=O)c1. The topological polar surface area (TPSA) is 63.7 Å². The number of rotatable bonds is 5. The number of imide groups is 1. The number of carbonyl (C=O) groups excluding carboxylic acids is 3. The maximum Gasteiger partial charge on any atom is 0.338 e. The fourth-order valence-electron chi connectivity index (χ4n) is 2.63. The van der Waals surface area contributed by atoms with Crippen molar-refractivity contribution >= 4 is 23.5 Å². The molecule has 1 fully saturated rings. The summed E-state index contributed by atoms with van der Waals surface area (Å²) < 4.78 is 5.28. The molecule has 122 valence electrons. The molecule has 24 heavy (non-hydrogen) atoms. The summed E-state index contributed by atoms with van der Waals surface area (Å²) in [6, 6.07) is 16.2. The van der Waals surface area contributed by atoms with Gasteiger partial charge in [-0.2, -0.15) is 0 Å². The van der Waals surface area contributed by atoms with E-state index in [0.29, 0.717) is 17.7 Å². The molecule has 1 aliphatic heterocycles. The molecule has 2 aromatic rings. The van der Waals surface area contributed by atoms with Gasteiger partial charge in [-0.3, -0.25) is 14.5 Å². The summed E-state index contributed by atoms with van der Waals surface area (Å²) >= 11 is 0. The van der Waals surface area contributed by atoms with Crippen molar-refractivity contribution in [3.05, 3.63) is 65.7 Å². The highest BCUT2D eigenvalue weighted by Gasteiger charge is 2.30. The first-order valence-corrected chi connectivity index (χ1v) is 7.82. The molecule has 0 spiro atoms. The first-order chi connectivity index (χ1) is 11.6. The summed E-state index contributed by atoms with van der Waals surface area (Å²) in [6.45, 7) is 0.272. The normalized spacial score (nSPS) is 14.1. The van der Waals surface area contributed by atoms with Crippen LogP contribution in [-0.2, 0) is 20.7 Å². The van der Waals surface area contributed by atoms with Crippen LogP contribution < -0.4 is 4.90 Å². The maximum absolute atomic E-state index is 12.2. The molecule has 0 saturated carbocycles. The minimum atomic E-state index is -0.466. The Morgan fingerprint density at radius 1 is 0.958 bits per heavy atom. The number of hydrogen-bond donors (Lipinski definition) is 0. The second-order valence-corrected chi connectivity index (χ2v) is 5.54. The van der Waals surface area contributed by atoms with Gasteiger partial charge in [0.15, 0.2) is 0 Å². The van der Waals surface area contributed by atoms with E-state index in [1.54, 1.807) is 18.2 Å². The summed E-state index contributed by atoms with van der Waals surface area (Å²) in [5, 5.41) is 0. The van der Waals surface area contributed by atoms with Gasteiger partial charge in [0.25, 0.3) is 0 Å². The Morgan fingerprint density at radius 2 is 1.67 bits per heavy atom. The summed E-state index contributed by atoms with van der Waals surface area (Å²) in [7, 11) is 0. The van der Waals surface area contributed by atoms with Gasteiger partial charge >= 0.3 is 5.97 Å². The monoisotopic (exact) mass is 323 g/mol. The third kappa shape index (κ3) is 3.51. The predicted octanol–water partition coefficient (Wildman–Crippen LogP) is 2.74. The summed E-state index contributed by atoms with van der Waals surface area (Å²) in [5.74, 6) is -0.948. The second kappa shape index (κ2) is 7.08. The zero-order chi connectivity index (χ0) is 16.9. The molecule has 0 atom stereocenters. The van der Waals surface area contributed by atoms with Crippen LogP contribution >= 0.6 is 0 Å². The van der Waals surface area contributed by atoms with Gasteiger partial charge in [-0.25, -0.2) is 4.79 Å². The molecule has 0 aliphatic carbocycles. The van der Waals surface area contributed by atoms with Crippen molar-refractivity contribution in [2.45, 2.75) is 19.3 Å². The van der Waals surface area contributed by atoms with Crippen LogP contribution in [0.15, 0.2) is 54.6 Å². The molecule has 0 N–H and O–H groups in total. The van der Waals surface area contributed by atoms with Gasteiger partial charge < -0.3 is 4.74 Å². The van der Waals surface area contributed by atoms with Gasteiger partial charge in [-0.1, -0.05) is 36.4 Å². The fourth-order valence-corrected chi connectivity index (χ4v) is 2.63. The van der Waals surface area contributed by atoms with Crippen molar-refractivity contribution in [3.63, 3.8) is 0 Å². The molecule has 0 bridgehead atoms. The molecule has 3 rings (SSSR count). The molecule has 2 aromatic carbocycles. The van der Waals surface area contributed by atoms with Gasteiger partial charge in [0.2, 0.25) is 11.8 Å². The highest BCUT2D eigenvalue weighted by molar-refractivity contribution is 6.20. The van der Waals surface area contributed by atoms with Crippen LogP contribution in [0.5, 0.6) is 0 Å². The minimum Gasteiger partial charge on any atom is -0.462 e. The van der Waals surface area contributed by atoms with Crippen molar-refractivity contribution in [1.29, 1.82) is 0 Å². The van der Waals surface area contributed by atoms with Crippen molar-refractivity contribution < 1.29 is 19.1 Å². The molecule has 1 heterocycles. The number of hydrogen-bond acceptors (Lipinski definition) is 4. The molecule has 1 aliphatic rings. The van der Waals surface area contributed by atoms with Crippen LogP contribution in [0.25, 0.3) is 0 Å². The standard InChI is InChI=1S/C19H17NO4/c21-17-9-10-18(22)20(17)16-8-4-7-15(13-16)19(23)24-12-11-14-5-2-1-3-6-14/h1-8,13H,9-12H2. The third-order valence-corrected chi connectivity index (χ3v) is 3.86. The van der Waals surface area contributed by atoms with E-state index in [2.05, 4.69) is 0 Å². The number of ether oxygens (including phenoxy) is 1. The predicted molar refractivity (Wildman–Crippen MR) is 88.6 cm³/mol. The third-order valence-electron chi connectivity index (χ3n) is 3.86. The van der Waals surface area contributed by atoms with Gasteiger partial charge in [-0.05, 0) is 23.8 Å². The van der Waals surface area contributed by atoms with Crippen LogP contribution in [-0.4, -0.2) is 24.4 Å². The van der Waals surface area contributed by atoms with Gasteiger partial charge in [0.1, 0.15) is 0 Å². The number of amides is 2. The second-order valence-electron chi connectivity index (χ2n) is 5.54. The van der Waals surface area contributed by atoms with Crippen molar-refractivity contribution in [1.82, 2.24) is 0 Å². The van der Waals surface area contributed by atoms with Gasteiger partial charge in [0, 0.05) is 19.3 Å². The van der Waals surface area contributed by atoms with Gasteiger partial charge in [0.05, 0.1) is 17.9 Å². The van der Waals surface area contributed by atoms with E-state index >= 15 is 0 Å². The number of carbonyl (C=O) groups is 3. The quantitative estimate of drug-likeness (QED) is 0.627. The Morgan fingerprint density at radius 3 is 2.38 bits per heavy atom. The molecule has 0 radical (unpaired) electrons. The number of benzene rings is 2. The average Bonchev–Trinajstić information content (AvgIpc) is 2.94. The van der Waals surface area contributed by atoms with Gasteiger partial charge in [-0.15, -0.1) is 0 Å². The first kappa shape index (κ1) is 15.9. The Bertz CT molecular complexity index is 754. The molecule has 1 saturated heterocycles. The maximum atomic E-state index is 12.2. The number of anilines is 1. The van der Waals surface area contributed by atoms with Crippen LogP contribution in [0.4, 0.5) is 5.69 Å². The van der Waals surface area contributed by atoms with E-state index in [0.717, 1.165) is 10.5 Å².